The highest BCUT2D eigenvalue weighted by atomic mass is 16.5. The van der Waals surface area contributed by atoms with Gasteiger partial charge in [0.1, 0.15) is 11.2 Å². The van der Waals surface area contributed by atoms with E-state index in [0.717, 1.165) is 30.0 Å². The van der Waals surface area contributed by atoms with Crippen molar-refractivity contribution in [2.24, 2.45) is 11.1 Å². The third-order valence-electron chi connectivity index (χ3n) is 3.97. The third kappa shape index (κ3) is 1.89. The lowest BCUT2D eigenvalue weighted by Crippen LogP contribution is -2.58. The number of nitrogens with zero attached hydrogens (tertiary/aromatic N) is 1. The molecule has 2 heterocycles. The monoisotopic (exact) mass is 262 g/mol. The largest absolute Gasteiger partial charge is 0.493 e. The van der Waals surface area contributed by atoms with Crippen molar-refractivity contribution >= 4 is 11.6 Å². The van der Waals surface area contributed by atoms with Crippen molar-refractivity contribution in [1.29, 1.82) is 0 Å². The van der Waals surface area contributed by atoms with Gasteiger partial charge in [0.05, 0.1) is 19.8 Å². The molecule has 2 N–H and O–H groups in total. The van der Waals surface area contributed by atoms with Gasteiger partial charge in [-0.05, 0) is 23.8 Å². The number of hydrogen-bond acceptors (Lipinski definition) is 4. The highest BCUT2D eigenvalue weighted by Crippen LogP contribution is 2.33. The zero-order valence-corrected chi connectivity index (χ0v) is 11.0. The summed E-state index contributed by atoms with van der Waals surface area (Å²) in [6, 6.07) is 5.85. The molecule has 1 fully saturated rings. The SMILES string of the molecule is CN(C(=O)C1(CN)COC1)c1ccc2c(c1)CCO2. The Morgan fingerprint density at radius 3 is 2.89 bits per heavy atom. The molecule has 0 bridgehead atoms. The van der Waals surface area contributed by atoms with Crippen LogP contribution in [0.3, 0.4) is 0 Å². The van der Waals surface area contributed by atoms with Crippen LogP contribution in [-0.4, -0.2) is 39.3 Å². The summed E-state index contributed by atoms with van der Waals surface area (Å²) in [4.78, 5) is 14.2. The standard InChI is InChI=1S/C14H18N2O3/c1-16(13(17)14(7-15)8-18-9-14)11-2-3-12-10(6-11)4-5-19-12/h2-3,6H,4-5,7-9,15H2,1H3. The fourth-order valence-electron chi connectivity index (χ4n) is 2.53. The molecule has 102 valence electrons. The van der Waals surface area contributed by atoms with E-state index in [1.807, 2.05) is 18.2 Å². The molecule has 0 aromatic heterocycles. The third-order valence-corrected chi connectivity index (χ3v) is 3.97. The minimum atomic E-state index is -0.537. The molecule has 0 unspecified atom stereocenters. The molecule has 19 heavy (non-hydrogen) atoms. The van der Waals surface area contributed by atoms with Crippen molar-refractivity contribution in [2.45, 2.75) is 6.42 Å². The molecule has 1 aromatic carbocycles. The molecule has 2 aliphatic rings. The number of rotatable bonds is 3. The van der Waals surface area contributed by atoms with Gasteiger partial charge in [0.25, 0.3) is 0 Å². The summed E-state index contributed by atoms with van der Waals surface area (Å²) in [5.74, 6) is 0.949. The van der Waals surface area contributed by atoms with E-state index in [1.54, 1.807) is 11.9 Å². The highest BCUT2D eigenvalue weighted by molar-refractivity contribution is 5.98. The van der Waals surface area contributed by atoms with Crippen LogP contribution in [0.5, 0.6) is 5.75 Å². The number of hydrogen-bond donors (Lipinski definition) is 1. The van der Waals surface area contributed by atoms with Gasteiger partial charge in [-0.15, -0.1) is 0 Å². The Morgan fingerprint density at radius 2 is 2.26 bits per heavy atom. The fraction of sp³-hybridized carbons (Fsp3) is 0.500. The fourth-order valence-corrected chi connectivity index (χ4v) is 2.53. The van der Waals surface area contributed by atoms with Gasteiger partial charge in [-0.2, -0.15) is 0 Å². The second-order valence-electron chi connectivity index (χ2n) is 5.23. The second-order valence-corrected chi connectivity index (χ2v) is 5.23. The summed E-state index contributed by atoms with van der Waals surface area (Å²) in [7, 11) is 1.79. The lowest BCUT2D eigenvalue weighted by Gasteiger charge is -2.41. The van der Waals surface area contributed by atoms with Crippen LogP contribution < -0.4 is 15.4 Å². The lowest BCUT2D eigenvalue weighted by atomic mass is 9.84. The smallest absolute Gasteiger partial charge is 0.238 e. The summed E-state index contributed by atoms with van der Waals surface area (Å²) in [5.41, 5.74) is 7.23. The summed E-state index contributed by atoms with van der Waals surface area (Å²) < 4.78 is 10.6. The van der Waals surface area contributed by atoms with E-state index >= 15 is 0 Å². The van der Waals surface area contributed by atoms with Gasteiger partial charge in [0.2, 0.25) is 5.91 Å². The molecule has 0 saturated carbocycles. The van der Waals surface area contributed by atoms with Crippen molar-refractivity contribution in [3.05, 3.63) is 23.8 Å². The molecule has 5 nitrogen and oxygen atoms in total. The first-order valence-corrected chi connectivity index (χ1v) is 6.48. The van der Waals surface area contributed by atoms with Crippen LogP contribution in [0.4, 0.5) is 5.69 Å². The van der Waals surface area contributed by atoms with Crippen molar-refractivity contribution in [2.75, 3.05) is 38.3 Å². The Morgan fingerprint density at radius 1 is 1.47 bits per heavy atom. The molecular formula is C14H18N2O3. The topological polar surface area (TPSA) is 64.8 Å². The summed E-state index contributed by atoms with van der Waals surface area (Å²) >= 11 is 0. The summed E-state index contributed by atoms with van der Waals surface area (Å²) in [6.07, 6.45) is 0.899. The molecule has 0 atom stereocenters. The van der Waals surface area contributed by atoms with Gasteiger partial charge < -0.3 is 20.1 Å². The van der Waals surface area contributed by atoms with Gasteiger partial charge >= 0.3 is 0 Å². The summed E-state index contributed by atoms with van der Waals surface area (Å²) in [5, 5.41) is 0. The number of ether oxygens (including phenoxy) is 2. The molecule has 0 spiro atoms. The number of nitrogens with two attached hydrogens (primary N) is 1. The predicted octanol–water partition coefficient (Wildman–Crippen LogP) is 0.560. The molecule has 1 amide bonds. The Balaban J connectivity index is 1.83. The van der Waals surface area contributed by atoms with Crippen molar-refractivity contribution < 1.29 is 14.3 Å². The highest BCUT2D eigenvalue weighted by Gasteiger charge is 2.46. The van der Waals surface area contributed by atoms with Gasteiger partial charge in [-0.25, -0.2) is 0 Å². The number of carbonyl (C=O) groups is 1. The van der Waals surface area contributed by atoms with E-state index in [2.05, 4.69) is 0 Å². The number of fused-ring (bicyclic) bond motifs is 1. The van der Waals surface area contributed by atoms with Crippen molar-refractivity contribution in [3.63, 3.8) is 0 Å². The van der Waals surface area contributed by atoms with Gasteiger partial charge in [-0.1, -0.05) is 0 Å². The number of benzene rings is 1. The summed E-state index contributed by atoms with van der Waals surface area (Å²) in [6.45, 7) is 1.88. The molecule has 1 saturated heterocycles. The molecule has 0 aliphatic carbocycles. The first-order chi connectivity index (χ1) is 9.16. The van der Waals surface area contributed by atoms with Crippen LogP contribution in [0, 0.1) is 5.41 Å². The predicted molar refractivity (Wildman–Crippen MR) is 71.4 cm³/mol. The minimum Gasteiger partial charge on any atom is -0.493 e. The molecule has 1 aromatic rings. The number of carbonyl (C=O) groups excluding carboxylic acids is 1. The maximum Gasteiger partial charge on any atom is 0.238 e. The van der Waals surface area contributed by atoms with Crippen LogP contribution in [0.15, 0.2) is 18.2 Å². The van der Waals surface area contributed by atoms with E-state index in [1.165, 1.54) is 0 Å². The van der Waals surface area contributed by atoms with E-state index < -0.39 is 5.41 Å². The van der Waals surface area contributed by atoms with Crippen molar-refractivity contribution in [1.82, 2.24) is 0 Å². The Kier molecular flexibility index (Phi) is 2.95. The first kappa shape index (κ1) is 12.4. The van der Waals surface area contributed by atoms with Crippen LogP contribution in [0.25, 0.3) is 0 Å². The van der Waals surface area contributed by atoms with E-state index in [4.69, 9.17) is 15.2 Å². The van der Waals surface area contributed by atoms with Gasteiger partial charge in [-0.3, -0.25) is 4.79 Å². The lowest BCUT2D eigenvalue weighted by molar-refractivity contribution is -0.156. The van der Waals surface area contributed by atoms with Crippen LogP contribution >= 0.6 is 0 Å². The first-order valence-electron chi connectivity index (χ1n) is 6.48. The Hall–Kier alpha value is -1.59. The maximum atomic E-state index is 12.5. The van der Waals surface area contributed by atoms with E-state index in [0.29, 0.717) is 19.8 Å². The quantitative estimate of drug-likeness (QED) is 0.864. The molecular weight excluding hydrogens is 244 g/mol. The van der Waals surface area contributed by atoms with E-state index in [9.17, 15) is 4.79 Å². The molecule has 2 aliphatic heterocycles. The average molecular weight is 262 g/mol. The molecule has 0 radical (unpaired) electrons. The van der Waals surface area contributed by atoms with Gasteiger partial charge in [0.15, 0.2) is 0 Å². The van der Waals surface area contributed by atoms with Crippen LogP contribution in [0.1, 0.15) is 5.56 Å². The minimum absolute atomic E-state index is 0.0279. The normalized spacial score (nSPS) is 19.3. The Bertz CT molecular complexity index is 506. The number of amides is 1. The van der Waals surface area contributed by atoms with Crippen LogP contribution in [0.2, 0.25) is 0 Å². The number of anilines is 1. The Labute approximate surface area is 112 Å². The van der Waals surface area contributed by atoms with E-state index in [-0.39, 0.29) is 5.91 Å². The second kappa shape index (κ2) is 4.51. The molecule has 3 rings (SSSR count). The van der Waals surface area contributed by atoms with Crippen molar-refractivity contribution in [3.8, 4) is 5.75 Å². The maximum absolute atomic E-state index is 12.5. The zero-order chi connectivity index (χ0) is 13.5. The molecule has 5 heteroatoms. The van der Waals surface area contributed by atoms with Crippen LogP contribution in [-0.2, 0) is 16.0 Å². The zero-order valence-electron chi connectivity index (χ0n) is 11.0. The van der Waals surface area contributed by atoms with Gasteiger partial charge in [0, 0.05) is 25.7 Å². The average Bonchev–Trinajstić information content (AvgIpc) is 2.84.